The van der Waals surface area contributed by atoms with Crippen molar-refractivity contribution in [2.45, 2.75) is 59.5 Å². The topological polar surface area (TPSA) is 12.0 Å². The normalized spacial score (nSPS) is 23.9. The van der Waals surface area contributed by atoms with Crippen LogP contribution >= 0.6 is 0 Å². The predicted molar refractivity (Wildman–Crippen MR) is 74.4 cm³/mol. The molecular formula is C16H25N. The molecule has 0 saturated carbocycles. The SMILES string of the molecule is Cc1cc(C)c2c(c1)C(C)C(CC(C)C)NC2. The number of hydrogen-bond acceptors (Lipinski definition) is 1. The average Bonchev–Trinajstić information content (AvgIpc) is 2.22. The lowest BCUT2D eigenvalue weighted by molar-refractivity contribution is 0.355. The van der Waals surface area contributed by atoms with Crippen LogP contribution in [-0.4, -0.2) is 6.04 Å². The van der Waals surface area contributed by atoms with E-state index >= 15 is 0 Å². The van der Waals surface area contributed by atoms with Crippen molar-refractivity contribution in [1.29, 1.82) is 0 Å². The van der Waals surface area contributed by atoms with Crippen LogP contribution in [-0.2, 0) is 6.54 Å². The van der Waals surface area contributed by atoms with Gasteiger partial charge in [-0.05, 0) is 48.8 Å². The Morgan fingerprint density at radius 2 is 2.00 bits per heavy atom. The Kier molecular flexibility index (Phi) is 3.58. The second kappa shape index (κ2) is 4.81. The molecule has 17 heavy (non-hydrogen) atoms. The number of aryl methyl sites for hydroxylation is 2. The fourth-order valence-electron chi connectivity index (χ4n) is 3.10. The van der Waals surface area contributed by atoms with Gasteiger partial charge in [0.25, 0.3) is 0 Å². The molecule has 1 N–H and O–H groups in total. The lowest BCUT2D eigenvalue weighted by Crippen LogP contribution is -2.39. The molecule has 0 aromatic heterocycles. The van der Waals surface area contributed by atoms with Crippen molar-refractivity contribution < 1.29 is 0 Å². The molecule has 2 rings (SSSR count). The van der Waals surface area contributed by atoms with E-state index in [0.29, 0.717) is 12.0 Å². The Bertz CT molecular complexity index is 406. The maximum atomic E-state index is 3.72. The molecule has 0 radical (unpaired) electrons. The lowest BCUT2D eigenvalue weighted by Gasteiger charge is -2.34. The number of fused-ring (bicyclic) bond motifs is 1. The zero-order valence-electron chi connectivity index (χ0n) is 11.8. The molecule has 1 aliphatic rings. The minimum Gasteiger partial charge on any atom is -0.309 e. The van der Waals surface area contributed by atoms with Gasteiger partial charge in [0, 0.05) is 12.6 Å². The first-order valence-electron chi connectivity index (χ1n) is 6.82. The molecule has 0 aliphatic carbocycles. The van der Waals surface area contributed by atoms with Gasteiger partial charge in [0.1, 0.15) is 0 Å². The van der Waals surface area contributed by atoms with E-state index in [-0.39, 0.29) is 0 Å². The van der Waals surface area contributed by atoms with Crippen LogP contribution in [0.3, 0.4) is 0 Å². The number of hydrogen-bond donors (Lipinski definition) is 1. The summed E-state index contributed by atoms with van der Waals surface area (Å²) in [4.78, 5) is 0. The molecular weight excluding hydrogens is 206 g/mol. The largest absolute Gasteiger partial charge is 0.309 e. The van der Waals surface area contributed by atoms with Crippen LogP contribution in [0.5, 0.6) is 0 Å². The summed E-state index contributed by atoms with van der Waals surface area (Å²) in [5.74, 6) is 1.40. The quantitative estimate of drug-likeness (QED) is 0.813. The van der Waals surface area contributed by atoms with Gasteiger partial charge in [0.2, 0.25) is 0 Å². The molecule has 0 amide bonds. The summed E-state index contributed by atoms with van der Waals surface area (Å²) in [7, 11) is 0. The molecule has 0 saturated heterocycles. The third-order valence-electron chi connectivity index (χ3n) is 4.01. The van der Waals surface area contributed by atoms with Gasteiger partial charge in [-0.15, -0.1) is 0 Å². The Morgan fingerprint density at radius 1 is 1.29 bits per heavy atom. The Labute approximate surface area is 106 Å². The Balaban J connectivity index is 2.31. The van der Waals surface area contributed by atoms with E-state index in [4.69, 9.17) is 0 Å². The van der Waals surface area contributed by atoms with E-state index in [1.165, 1.54) is 23.1 Å². The van der Waals surface area contributed by atoms with Gasteiger partial charge >= 0.3 is 0 Å². The monoisotopic (exact) mass is 231 g/mol. The van der Waals surface area contributed by atoms with E-state index in [0.717, 1.165) is 12.5 Å². The van der Waals surface area contributed by atoms with Crippen LogP contribution < -0.4 is 5.32 Å². The highest BCUT2D eigenvalue weighted by molar-refractivity contribution is 5.42. The summed E-state index contributed by atoms with van der Waals surface area (Å²) in [6, 6.07) is 5.33. The third-order valence-corrected chi connectivity index (χ3v) is 4.01. The second-order valence-corrected chi connectivity index (χ2v) is 6.06. The van der Waals surface area contributed by atoms with Crippen LogP contribution in [0.2, 0.25) is 0 Å². The first-order chi connectivity index (χ1) is 7.99. The summed E-state index contributed by atoms with van der Waals surface area (Å²) >= 11 is 0. The first kappa shape index (κ1) is 12.6. The molecule has 0 bridgehead atoms. The third kappa shape index (κ3) is 2.55. The zero-order chi connectivity index (χ0) is 12.6. The highest BCUT2D eigenvalue weighted by Gasteiger charge is 2.27. The Hall–Kier alpha value is -0.820. The van der Waals surface area contributed by atoms with Crippen LogP contribution in [0.15, 0.2) is 12.1 Å². The number of rotatable bonds is 2. The molecule has 1 aromatic carbocycles. The fraction of sp³-hybridized carbons (Fsp3) is 0.625. The standard InChI is InChI=1S/C16H25N/c1-10(2)6-16-13(5)14-8-11(3)7-12(4)15(14)9-17-16/h7-8,10,13,16-17H,6,9H2,1-5H3. The van der Waals surface area contributed by atoms with Gasteiger partial charge in [0.05, 0.1) is 0 Å². The van der Waals surface area contributed by atoms with Crippen LogP contribution in [0, 0.1) is 19.8 Å². The molecule has 1 aliphatic heterocycles. The van der Waals surface area contributed by atoms with E-state index in [2.05, 4.69) is 52.1 Å². The van der Waals surface area contributed by atoms with Crippen LogP contribution in [0.25, 0.3) is 0 Å². The van der Waals surface area contributed by atoms with Crippen LogP contribution in [0.4, 0.5) is 0 Å². The van der Waals surface area contributed by atoms with Gasteiger partial charge < -0.3 is 5.32 Å². The maximum absolute atomic E-state index is 3.72. The minimum absolute atomic E-state index is 0.639. The van der Waals surface area contributed by atoms with Crippen LogP contribution in [0.1, 0.15) is 55.4 Å². The van der Waals surface area contributed by atoms with Gasteiger partial charge in [-0.1, -0.05) is 38.5 Å². The van der Waals surface area contributed by atoms with E-state index in [9.17, 15) is 0 Å². The first-order valence-corrected chi connectivity index (χ1v) is 6.82. The van der Waals surface area contributed by atoms with Gasteiger partial charge in [-0.2, -0.15) is 0 Å². The molecule has 0 fully saturated rings. The molecule has 1 aromatic rings. The van der Waals surface area contributed by atoms with E-state index in [1.807, 2.05) is 0 Å². The highest BCUT2D eigenvalue weighted by atomic mass is 14.9. The summed E-state index contributed by atoms with van der Waals surface area (Å²) in [5.41, 5.74) is 5.95. The van der Waals surface area contributed by atoms with E-state index < -0.39 is 0 Å². The van der Waals surface area contributed by atoms with E-state index in [1.54, 1.807) is 5.56 Å². The molecule has 94 valence electrons. The van der Waals surface area contributed by atoms with Crippen molar-refractivity contribution >= 4 is 0 Å². The minimum atomic E-state index is 0.639. The lowest BCUT2D eigenvalue weighted by atomic mass is 9.80. The Morgan fingerprint density at radius 3 is 2.65 bits per heavy atom. The van der Waals surface area contributed by atoms with Gasteiger partial charge in [0.15, 0.2) is 0 Å². The molecule has 1 nitrogen and oxygen atoms in total. The van der Waals surface area contributed by atoms with Crippen molar-refractivity contribution in [3.05, 3.63) is 34.4 Å². The van der Waals surface area contributed by atoms with Crippen molar-refractivity contribution in [2.75, 3.05) is 0 Å². The second-order valence-electron chi connectivity index (χ2n) is 6.06. The number of nitrogens with one attached hydrogen (secondary N) is 1. The maximum Gasteiger partial charge on any atom is 0.0213 e. The van der Waals surface area contributed by atoms with Crippen molar-refractivity contribution in [2.24, 2.45) is 5.92 Å². The highest BCUT2D eigenvalue weighted by Crippen LogP contribution is 2.33. The smallest absolute Gasteiger partial charge is 0.0213 e. The average molecular weight is 231 g/mol. The van der Waals surface area contributed by atoms with Crippen molar-refractivity contribution in [3.63, 3.8) is 0 Å². The molecule has 1 heteroatoms. The summed E-state index contributed by atoms with van der Waals surface area (Å²) in [5, 5.41) is 3.72. The summed E-state index contributed by atoms with van der Waals surface area (Å²) < 4.78 is 0. The van der Waals surface area contributed by atoms with Gasteiger partial charge in [-0.25, -0.2) is 0 Å². The number of benzene rings is 1. The van der Waals surface area contributed by atoms with Crippen molar-refractivity contribution in [3.8, 4) is 0 Å². The van der Waals surface area contributed by atoms with Crippen molar-refractivity contribution in [1.82, 2.24) is 5.32 Å². The van der Waals surface area contributed by atoms with Gasteiger partial charge in [-0.3, -0.25) is 0 Å². The molecule has 2 unspecified atom stereocenters. The molecule has 2 atom stereocenters. The predicted octanol–water partition coefficient (Wildman–Crippen LogP) is 3.92. The fourth-order valence-corrected chi connectivity index (χ4v) is 3.10. The zero-order valence-corrected chi connectivity index (χ0v) is 11.8. The molecule has 1 heterocycles. The summed E-state index contributed by atoms with van der Waals surface area (Å²) in [6.07, 6.45) is 1.27. The summed E-state index contributed by atoms with van der Waals surface area (Å²) in [6.45, 7) is 12.5. The molecule has 0 spiro atoms.